The summed E-state index contributed by atoms with van der Waals surface area (Å²) in [6.07, 6.45) is 4.09. The van der Waals surface area contributed by atoms with Crippen LogP contribution in [-0.2, 0) is 7.05 Å². The maximum Gasteiger partial charge on any atom is 0.207 e. The van der Waals surface area contributed by atoms with Gasteiger partial charge < -0.3 is 0 Å². The summed E-state index contributed by atoms with van der Waals surface area (Å²) in [4.78, 5) is 0. The Hall–Kier alpha value is -1.63. The minimum absolute atomic E-state index is 1.19. The molecule has 0 radical (unpaired) electrons. The minimum atomic E-state index is 1.19. The first-order chi connectivity index (χ1) is 7.15. The van der Waals surface area contributed by atoms with E-state index in [0.29, 0.717) is 0 Å². The van der Waals surface area contributed by atoms with Gasteiger partial charge in [0, 0.05) is 17.0 Å². The summed E-state index contributed by atoms with van der Waals surface area (Å²) in [5.41, 5.74) is 3.81. The van der Waals surface area contributed by atoms with Crippen molar-refractivity contribution in [1.82, 2.24) is 0 Å². The van der Waals surface area contributed by atoms with Crippen molar-refractivity contribution in [3.05, 3.63) is 47.8 Å². The van der Waals surface area contributed by atoms with Crippen molar-refractivity contribution in [1.29, 1.82) is 0 Å². The highest BCUT2D eigenvalue weighted by Crippen LogP contribution is 2.21. The highest BCUT2D eigenvalue weighted by Gasteiger charge is 2.12. The van der Waals surface area contributed by atoms with E-state index in [-0.39, 0.29) is 0 Å². The number of nitrogens with zero attached hydrogens (tertiary/aromatic N) is 1. The topological polar surface area (TPSA) is 3.88 Å². The molecule has 1 aromatic carbocycles. The van der Waals surface area contributed by atoms with E-state index in [1.165, 1.54) is 27.6 Å². The molecule has 0 saturated heterocycles. The van der Waals surface area contributed by atoms with Crippen LogP contribution >= 0.6 is 0 Å². The van der Waals surface area contributed by atoms with Gasteiger partial charge in [-0.1, -0.05) is 24.8 Å². The first-order valence-corrected chi connectivity index (χ1v) is 5.16. The molecule has 1 heterocycles. The van der Waals surface area contributed by atoms with Crippen LogP contribution < -0.4 is 4.57 Å². The average Bonchev–Trinajstić information content (AvgIpc) is 2.20. The number of rotatable bonds is 1. The molecule has 0 spiro atoms. The van der Waals surface area contributed by atoms with E-state index in [4.69, 9.17) is 0 Å². The van der Waals surface area contributed by atoms with Gasteiger partial charge in [-0.2, -0.15) is 0 Å². The van der Waals surface area contributed by atoms with E-state index >= 15 is 0 Å². The molecule has 1 nitrogen and oxygen atoms in total. The summed E-state index contributed by atoms with van der Waals surface area (Å²) in [6.45, 7) is 8.16. The third-order valence-electron chi connectivity index (χ3n) is 3.01. The summed E-state index contributed by atoms with van der Waals surface area (Å²) < 4.78 is 2.14. The fourth-order valence-corrected chi connectivity index (χ4v) is 2.14. The molecule has 0 aliphatic heterocycles. The lowest BCUT2D eigenvalue weighted by molar-refractivity contribution is -0.672. The zero-order chi connectivity index (χ0) is 11.0. The van der Waals surface area contributed by atoms with E-state index in [1.807, 2.05) is 6.08 Å². The van der Waals surface area contributed by atoms with Gasteiger partial charge in [-0.15, -0.1) is 0 Å². The third-order valence-corrected chi connectivity index (χ3v) is 3.01. The molecule has 0 fully saturated rings. The number of aryl methyl sites for hydroxylation is 3. The van der Waals surface area contributed by atoms with Crippen LogP contribution in [0.4, 0.5) is 0 Å². The lowest BCUT2D eigenvalue weighted by Gasteiger charge is -2.06. The lowest BCUT2D eigenvalue weighted by atomic mass is 10.0. The molecule has 15 heavy (non-hydrogen) atoms. The standard InChI is InChI=1S/C14H16N/c1-5-14-11(3)12-8-6-7-10(2)13(12)9-15(14)4/h5-9H,1H2,2-4H3/q+1. The number of hydrogen-bond acceptors (Lipinski definition) is 0. The molecular formula is C14H16N+. The fraction of sp³-hybridized carbons (Fsp3) is 0.214. The van der Waals surface area contributed by atoms with E-state index in [2.05, 4.69) is 56.4 Å². The molecule has 0 N–H and O–H groups in total. The number of aromatic nitrogens is 1. The molecule has 2 aromatic rings. The van der Waals surface area contributed by atoms with E-state index < -0.39 is 0 Å². The van der Waals surface area contributed by atoms with E-state index in [9.17, 15) is 0 Å². The molecule has 0 unspecified atom stereocenters. The van der Waals surface area contributed by atoms with Crippen molar-refractivity contribution < 1.29 is 4.57 Å². The second-order valence-corrected chi connectivity index (χ2v) is 3.99. The van der Waals surface area contributed by atoms with Crippen LogP contribution in [0.15, 0.2) is 31.0 Å². The van der Waals surface area contributed by atoms with E-state index in [0.717, 1.165) is 0 Å². The van der Waals surface area contributed by atoms with Crippen LogP contribution in [0.5, 0.6) is 0 Å². The van der Waals surface area contributed by atoms with E-state index in [1.54, 1.807) is 0 Å². The van der Waals surface area contributed by atoms with Crippen LogP contribution in [0, 0.1) is 13.8 Å². The van der Waals surface area contributed by atoms with Crippen molar-refractivity contribution in [3.8, 4) is 0 Å². The van der Waals surface area contributed by atoms with Crippen LogP contribution in [0.3, 0.4) is 0 Å². The van der Waals surface area contributed by atoms with Gasteiger partial charge in [0.2, 0.25) is 5.69 Å². The average molecular weight is 198 g/mol. The molecule has 76 valence electrons. The lowest BCUT2D eigenvalue weighted by Crippen LogP contribution is -2.32. The largest absolute Gasteiger partial charge is 0.207 e. The van der Waals surface area contributed by atoms with Gasteiger partial charge in [0.25, 0.3) is 0 Å². The number of pyridine rings is 1. The van der Waals surface area contributed by atoms with Gasteiger partial charge in [-0.05, 0) is 24.8 Å². The van der Waals surface area contributed by atoms with Crippen LogP contribution in [0.1, 0.15) is 16.8 Å². The Morgan fingerprint density at radius 1 is 1.20 bits per heavy atom. The Morgan fingerprint density at radius 2 is 1.93 bits per heavy atom. The Labute approximate surface area is 90.7 Å². The molecule has 1 aromatic heterocycles. The molecule has 2 rings (SSSR count). The van der Waals surface area contributed by atoms with Crippen LogP contribution in [0.2, 0.25) is 0 Å². The predicted molar refractivity (Wildman–Crippen MR) is 64.7 cm³/mol. The summed E-state index contributed by atoms with van der Waals surface area (Å²) in [6, 6.07) is 6.43. The van der Waals surface area contributed by atoms with Gasteiger partial charge in [-0.25, -0.2) is 4.57 Å². The molecule has 0 bridgehead atoms. The summed E-state index contributed by atoms with van der Waals surface area (Å²) in [7, 11) is 2.07. The molecule has 0 saturated carbocycles. The fourth-order valence-electron chi connectivity index (χ4n) is 2.14. The number of benzene rings is 1. The minimum Gasteiger partial charge on any atom is -0.201 e. The van der Waals surface area contributed by atoms with Crippen LogP contribution in [-0.4, -0.2) is 0 Å². The first kappa shape index (κ1) is 9.91. The molecule has 0 atom stereocenters. The monoisotopic (exact) mass is 198 g/mol. The summed E-state index contributed by atoms with van der Waals surface area (Å²) in [5.74, 6) is 0. The van der Waals surface area contributed by atoms with Crippen molar-refractivity contribution in [2.45, 2.75) is 13.8 Å². The van der Waals surface area contributed by atoms with Gasteiger partial charge >= 0.3 is 0 Å². The number of hydrogen-bond donors (Lipinski definition) is 0. The zero-order valence-electron chi connectivity index (χ0n) is 9.54. The first-order valence-electron chi connectivity index (χ1n) is 5.16. The smallest absolute Gasteiger partial charge is 0.201 e. The van der Waals surface area contributed by atoms with Crippen molar-refractivity contribution >= 4 is 16.8 Å². The molecule has 1 heteroatoms. The quantitative estimate of drug-likeness (QED) is 0.620. The molecular weight excluding hydrogens is 182 g/mol. The van der Waals surface area contributed by atoms with Gasteiger partial charge in [0.1, 0.15) is 7.05 Å². The maximum atomic E-state index is 3.86. The third kappa shape index (κ3) is 1.44. The normalized spacial score (nSPS) is 10.6. The maximum absolute atomic E-state index is 3.86. The van der Waals surface area contributed by atoms with Crippen LogP contribution in [0.25, 0.3) is 16.8 Å². The van der Waals surface area contributed by atoms with Gasteiger partial charge in [0.05, 0.1) is 0 Å². The van der Waals surface area contributed by atoms with Crippen molar-refractivity contribution in [2.75, 3.05) is 0 Å². The SMILES string of the molecule is C=Cc1c(C)c2cccc(C)c2c[n+]1C. The Balaban J connectivity index is 2.97. The highest BCUT2D eigenvalue weighted by molar-refractivity contribution is 5.88. The predicted octanol–water partition coefficient (Wildman–Crippen LogP) is 2.92. The zero-order valence-corrected chi connectivity index (χ0v) is 9.54. The summed E-state index contributed by atoms with van der Waals surface area (Å²) >= 11 is 0. The van der Waals surface area contributed by atoms with Gasteiger partial charge in [0.15, 0.2) is 6.20 Å². The number of fused-ring (bicyclic) bond motifs is 1. The molecule has 0 aliphatic carbocycles. The Kier molecular flexibility index (Phi) is 2.31. The highest BCUT2D eigenvalue weighted by atomic mass is 14.9. The second-order valence-electron chi connectivity index (χ2n) is 3.99. The second kappa shape index (κ2) is 3.50. The van der Waals surface area contributed by atoms with Gasteiger partial charge in [-0.3, -0.25) is 0 Å². The molecule has 0 aliphatic rings. The molecule has 0 amide bonds. The summed E-state index contributed by atoms with van der Waals surface area (Å²) in [5, 5.41) is 2.64. The van der Waals surface area contributed by atoms with Crippen molar-refractivity contribution in [3.63, 3.8) is 0 Å². The Bertz CT molecular complexity index is 539. The Morgan fingerprint density at radius 3 is 2.60 bits per heavy atom. The van der Waals surface area contributed by atoms with Crippen molar-refractivity contribution in [2.24, 2.45) is 7.05 Å².